The third kappa shape index (κ3) is 6.71. The molecule has 0 aromatic heterocycles. The lowest BCUT2D eigenvalue weighted by atomic mass is 10.0. The van der Waals surface area contributed by atoms with Gasteiger partial charge in [-0.2, -0.15) is 0 Å². The van der Waals surface area contributed by atoms with Gasteiger partial charge in [0.25, 0.3) is 0 Å². The first-order chi connectivity index (χ1) is 16.6. The fourth-order valence-electron chi connectivity index (χ4n) is 4.63. The van der Waals surface area contributed by atoms with Crippen LogP contribution in [0.4, 0.5) is 0 Å². The summed E-state index contributed by atoms with van der Waals surface area (Å²) >= 11 is 6.24. The van der Waals surface area contributed by atoms with Gasteiger partial charge in [0.1, 0.15) is 6.04 Å². The van der Waals surface area contributed by atoms with E-state index in [0.29, 0.717) is 18.0 Å². The number of carbonyl (C=O) groups is 2. The van der Waals surface area contributed by atoms with Crippen LogP contribution in [0.5, 0.6) is 0 Å². The van der Waals surface area contributed by atoms with Crippen LogP contribution in [0.1, 0.15) is 42.4 Å². The van der Waals surface area contributed by atoms with Crippen LogP contribution in [0, 0.1) is 0 Å². The SMILES string of the molecule is O=C(NC1CCCC1)[C@@H](Cc1ccccc1)N(Cc1cccc(Cl)c1)C(=O)Cc1ccccc1. The van der Waals surface area contributed by atoms with Crippen molar-refractivity contribution in [2.75, 3.05) is 0 Å². The molecule has 0 unspecified atom stereocenters. The third-order valence-corrected chi connectivity index (χ3v) is 6.65. The monoisotopic (exact) mass is 474 g/mol. The lowest BCUT2D eigenvalue weighted by Crippen LogP contribution is -2.52. The van der Waals surface area contributed by atoms with E-state index in [1.165, 1.54) is 0 Å². The van der Waals surface area contributed by atoms with Gasteiger partial charge in [-0.3, -0.25) is 9.59 Å². The summed E-state index contributed by atoms with van der Waals surface area (Å²) in [6, 6.07) is 26.7. The van der Waals surface area contributed by atoms with Crippen LogP contribution in [0.3, 0.4) is 0 Å². The molecule has 0 heterocycles. The van der Waals surface area contributed by atoms with Crippen LogP contribution in [-0.2, 0) is 29.0 Å². The molecule has 4 nitrogen and oxygen atoms in total. The highest BCUT2D eigenvalue weighted by Gasteiger charge is 2.32. The van der Waals surface area contributed by atoms with Gasteiger partial charge < -0.3 is 10.2 Å². The van der Waals surface area contributed by atoms with Crippen molar-refractivity contribution >= 4 is 23.4 Å². The Bertz CT molecular complexity index is 1080. The molecule has 0 aliphatic heterocycles. The van der Waals surface area contributed by atoms with Gasteiger partial charge in [-0.15, -0.1) is 0 Å². The van der Waals surface area contributed by atoms with E-state index in [4.69, 9.17) is 11.6 Å². The molecule has 1 aliphatic rings. The zero-order valence-electron chi connectivity index (χ0n) is 19.3. The second-order valence-electron chi connectivity index (χ2n) is 9.01. The van der Waals surface area contributed by atoms with Crippen LogP contribution in [0.15, 0.2) is 84.9 Å². The smallest absolute Gasteiger partial charge is 0.243 e. The van der Waals surface area contributed by atoms with Crippen molar-refractivity contribution in [3.8, 4) is 0 Å². The van der Waals surface area contributed by atoms with Crippen LogP contribution < -0.4 is 5.32 Å². The number of nitrogens with one attached hydrogen (secondary N) is 1. The van der Waals surface area contributed by atoms with E-state index in [1.54, 1.807) is 4.90 Å². The third-order valence-electron chi connectivity index (χ3n) is 6.41. The van der Waals surface area contributed by atoms with Crippen LogP contribution >= 0.6 is 11.6 Å². The molecule has 3 aromatic rings. The molecule has 0 radical (unpaired) electrons. The van der Waals surface area contributed by atoms with Gasteiger partial charge in [0.2, 0.25) is 11.8 Å². The summed E-state index contributed by atoms with van der Waals surface area (Å²) in [5.41, 5.74) is 2.86. The molecule has 34 heavy (non-hydrogen) atoms. The molecule has 5 heteroatoms. The summed E-state index contributed by atoms with van der Waals surface area (Å²) in [4.78, 5) is 29.0. The van der Waals surface area contributed by atoms with Crippen molar-refractivity contribution in [3.05, 3.63) is 107 Å². The lowest BCUT2D eigenvalue weighted by molar-refractivity contribution is -0.141. The van der Waals surface area contributed by atoms with Gasteiger partial charge in [-0.1, -0.05) is 97.2 Å². The van der Waals surface area contributed by atoms with Crippen LogP contribution in [-0.4, -0.2) is 28.8 Å². The minimum absolute atomic E-state index is 0.0753. The van der Waals surface area contributed by atoms with E-state index < -0.39 is 6.04 Å². The summed E-state index contributed by atoms with van der Waals surface area (Å²) in [6.45, 7) is 0.321. The van der Waals surface area contributed by atoms with Crippen molar-refractivity contribution in [3.63, 3.8) is 0 Å². The number of hydrogen-bond donors (Lipinski definition) is 1. The van der Waals surface area contributed by atoms with Crippen molar-refractivity contribution < 1.29 is 9.59 Å². The summed E-state index contributed by atoms with van der Waals surface area (Å²) in [7, 11) is 0. The molecule has 0 spiro atoms. The van der Waals surface area contributed by atoms with Gasteiger partial charge in [0.15, 0.2) is 0 Å². The van der Waals surface area contributed by atoms with Gasteiger partial charge in [0.05, 0.1) is 6.42 Å². The number of rotatable bonds is 9. The predicted octanol–water partition coefficient (Wildman–Crippen LogP) is 5.58. The van der Waals surface area contributed by atoms with E-state index >= 15 is 0 Å². The Morgan fingerprint density at radius 1 is 0.853 bits per heavy atom. The second-order valence-corrected chi connectivity index (χ2v) is 9.45. The van der Waals surface area contributed by atoms with Gasteiger partial charge in [-0.05, 0) is 41.7 Å². The first kappa shape index (κ1) is 24.0. The zero-order chi connectivity index (χ0) is 23.8. The first-order valence-corrected chi connectivity index (χ1v) is 12.4. The Hall–Kier alpha value is -3.11. The zero-order valence-corrected chi connectivity index (χ0v) is 20.1. The van der Waals surface area contributed by atoms with Crippen molar-refractivity contribution in [1.29, 1.82) is 0 Å². The van der Waals surface area contributed by atoms with E-state index in [2.05, 4.69) is 5.32 Å². The first-order valence-electron chi connectivity index (χ1n) is 12.0. The largest absolute Gasteiger partial charge is 0.352 e. The highest BCUT2D eigenvalue weighted by molar-refractivity contribution is 6.30. The summed E-state index contributed by atoms with van der Waals surface area (Å²) in [5, 5.41) is 3.85. The highest BCUT2D eigenvalue weighted by Crippen LogP contribution is 2.21. The molecule has 176 valence electrons. The molecule has 1 aliphatic carbocycles. The summed E-state index contributed by atoms with van der Waals surface area (Å²) in [5.74, 6) is -0.159. The quantitative estimate of drug-likeness (QED) is 0.440. The Balaban J connectivity index is 1.65. The predicted molar refractivity (Wildman–Crippen MR) is 136 cm³/mol. The number of nitrogens with zero attached hydrogens (tertiary/aromatic N) is 1. The molecule has 1 N–H and O–H groups in total. The van der Waals surface area contributed by atoms with Crippen LogP contribution in [0.2, 0.25) is 5.02 Å². The average Bonchev–Trinajstić information content (AvgIpc) is 3.35. The number of hydrogen-bond acceptors (Lipinski definition) is 2. The van der Waals surface area contributed by atoms with E-state index in [9.17, 15) is 9.59 Å². The minimum Gasteiger partial charge on any atom is -0.352 e. The Labute approximate surface area is 206 Å². The molecule has 2 amide bonds. The maximum Gasteiger partial charge on any atom is 0.243 e. The number of amides is 2. The molecular weight excluding hydrogens is 444 g/mol. The molecule has 3 aromatic carbocycles. The molecule has 4 rings (SSSR count). The molecule has 1 saturated carbocycles. The maximum absolute atomic E-state index is 13.7. The molecular formula is C29H31ClN2O2. The molecule has 0 bridgehead atoms. The van der Waals surface area contributed by atoms with Gasteiger partial charge >= 0.3 is 0 Å². The Morgan fingerprint density at radius 3 is 2.12 bits per heavy atom. The van der Waals surface area contributed by atoms with Crippen LogP contribution in [0.25, 0.3) is 0 Å². The topological polar surface area (TPSA) is 49.4 Å². The van der Waals surface area contributed by atoms with Gasteiger partial charge in [-0.25, -0.2) is 0 Å². The van der Waals surface area contributed by atoms with Crippen molar-refractivity contribution in [2.45, 2.75) is 57.2 Å². The summed E-state index contributed by atoms with van der Waals surface area (Å²) in [6.07, 6.45) is 4.96. The van der Waals surface area contributed by atoms with E-state index in [0.717, 1.165) is 42.4 Å². The highest BCUT2D eigenvalue weighted by atomic mass is 35.5. The molecule has 0 saturated heterocycles. The Morgan fingerprint density at radius 2 is 1.47 bits per heavy atom. The van der Waals surface area contributed by atoms with Crippen molar-refractivity contribution in [2.24, 2.45) is 0 Å². The summed E-state index contributed by atoms with van der Waals surface area (Å²) < 4.78 is 0. The molecule has 1 fully saturated rings. The van der Waals surface area contributed by atoms with E-state index in [-0.39, 0.29) is 24.3 Å². The maximum atomic E-state index is 13.7. The number of halogens is 1. The fourth-order valence-corrected chi connectivity index (χ4v) is 4.84. The number of benzene rings is 3. The Kier molecular flexibility index (Phi) is 8.37. The van der Waals surface area contributed by atoms with Crippen molar-refractivity contribution in [1.82, 2.24) is 10.2 Å². The standard InChI is InChI=1S/C29H31ClN2O2/c30-25-15-9-14-24(18-25)21-32(28(33)20-23-12-5-2-6-13-23)27(19-22-10-3-1-4-11-22)29(34)31-26-16-7-8-17-26/h1-6,9-15,18,26-27H,7-8,16-17,19-21H2,(H,31,34)/t27-/m1/s1. The van der Waals surface area contributed by atoms with E-state index in [1.807, 2.05) is 84.9 Å². The molecule has 1 atom stereocenters. The lowest BCUT2D eigenvalue weighted by Gasteiger charge is -2.32. The fraction of sp³-hybridized carbons (Fsp3) is 0.310. The second kappa shape index (κ2) is 11.8. The van der Waals surface area contributed by atoms with Gasteiger partial charge in [0, 0.05) is 24.0 Å². The minimum atomic E-state index is -0.613. The normalized spacial score (nSPS) is 14.5. The average molecular weight is 475 g/mol. The number of carbonyl (C=O) groups excluding carboxylic acids is 2.